The Kier molecular flexibility index (Phi) is 4.92. The van der Waals surface area contributed by atoms with Gasteiger partial charge in [-0.2, -0.15) is 0 Å². The summed E-state index contributed by atoms with van der Waals surface area (Å²) in [6, 6.07) is 5.13. The van der Waals surface area contributed by atoms with Crippen molar-refractivity contribution in [3.05, 3.63) is 45.9 Å². The Morgan fingerprint density at radius 3 is 2.77 bits per heavy atom. The molecule has 0 aliphatic carbocycles. The van der Waals surface area contributed by atoms with Gasteiger partial charge in [-0.05, 0) is 48.0 Å². The number of amides is 1. The number of anilines is 1. The predicted octanol–water partition coefficient (Wildman–Crippen LogP) is 3.07. The molecular weight excluding hydrogens is 359 g/mol. The average Bonchev–Trinajstić information content (AvgIpc) is 2.86. The average molecular weight is 371 g/mol. The zero-order valence-electron chi connectivity index (χ0n) is 11.7. The number of aromatic nitrogens is 1. The molecule has 0 fully saturated rings. The summed E-state index contributed by atoms with van der Waals surface area (Å²) in [4.78, 5) is 23.8. The van der Waals surface area contributed by atoms with Gasteiger partial charge in [0.05, 0.1) is 5.56 Å². The number of esters is 1. The fourth-order valence-corrected chi connectivity index (χ4v) is 1.99. The van der Waals surface area contributed by atoms with Gasteiger partial charge in [-0.1, -0.05) is 5.16 Å². The van der Waals surface area contributed by atoms with Crippen LogP contribution in [-0.2, 0) is 9.53 Å². The largest absolute Gasteiger partial charge is 0.449 e. The smallest absolute Gasteiger partial charge is 0.340 e. The van der Waals surface area contributed by atoms with Gasteiger partial charge in [0.2, 0.25) is 0 Å². The second kappa shape index (κ2) is 6.69. The van der Waals surface area contributed by atoms with E-state index in [9.17, 15) is 14.0 Å². The first-order valence-corrected chi connectivity index (χ1v) is 7.06. The number of carbonyl (C=O) groups excluding carboxylic acids is 2. The summed E-state index contributed by atoms with van der Waals surface area (Å²) in [5.41, 5.74) is -0.00284. The fourth-order valence-electron chi connectivity index (χ4n) is 1.58. The molecule has 2 rings (SSSR count). The number of nitrogens with one attached hydrogen (secondary N) is 1. The van der Waals surface area contributed by atoms with E-state index >= 15 is 0 Å². The molecule has 1 heterocycles. The van der Waals surface area contributed by atoms with Crippen LogP contribution >= 0.6 is 15.9 Å². The van der Waals surface area contributed by atoms with Gasteiger partial charge in [0, 0.05) is 10.5 Å². The minimum atomic E-state index is -1.08. The molecule has 116 valence electrons. The van der Waals surface area contributed by atoms with E-state index in [-0.39, 0.29) is 11.4 Å². The number of carbonyl (C=O) groups is 2. The van der Waals surface area contributed by atoms with Crippen molar-refractivity contribution in [2.75, 3.05) is 5.32 Å². The van der Waals surface area contributed by atoms with Crippen molar-refractivity contribution in [3.63, 3.8) is 0 Å². The normalized spacial score (nSPS) is 11.8. The van der Waals surface area contributed by atoms with Gasteiger partial charge in [0.15, 0.2) is 11.9 Å². The molecule has 0 saturated carbocycles. The molecule has 0 saturated heterocycles. The highest BCUT2D eigenvalue weighted by Crippen LogP contribution is 2.19. The van der Waals surface area contributed by atoms with Crippen molar-refractivity contribution in [2.45, 2.75) is 20.0 Å². The van der Waals surface area contributed by atoms with Gasteiger partial charge < -0.3 is 14.6 Å². The first-order chi connectivity index (χ1) is 10.4. The quantitative estimate of drug-likeness (QED) is 0.836. The van der Waals surface area contributed by atoms with Gasteiger partial charge in [0.1, 0.15) is 11.6 Å². The number of benzene rings is 1. The molecule has 2 aromatic rings. The van der Waals surface area contributed by atoms with Gasteiger partial charge in [0.25, 0.3) is 5.91 Å². The van der Waals surface area contributed by atoms with Crippen molar-refractivity contribution < 1.29 is 23.2 Å². The van der Waals surface area contributed by atoms with E-state index in [0.29, 0.717) is 10.2 Å². The van der Waals surface area contributed by atoms with Crippen LogP contribution in [0.15, 0.2) is 33.3 Å². The van der Waals surface area contributed by atoms with Crippen LogP contribution in [0.2, 0.25) is 0 Å². The standard InChI is InChI=1S/C14H12BrFN2O4/c1-7-5-12(18-22-7)17-13(19)8(2)21-14(20)10-6-9(16)3-4-11(10)15/h3-6,8H,1-2H3,(H,17,18,19)/t8-/m1/s1. The van der Waals surface area contributed by atoms with Crippen LogP contribution < -0.4 is 5.32 Å². The summed E-state index contributed by atoms with van der Waals surface area (Å²) in [7, 11) is 0. The summed E-state index contributed by atoms with van der Waals surface area (Å²) in [5, 5.41) is 6.04. The second-order valence-electron chi connectivity index (χ2n) is 4.48. The van der Waals surface area contributed by atoms with E-state index in [1.165, 1.54) is 25.1 Å². The summed E-state index contributed by atoms with van der Waals surface area (Å²) >= 11 is 3.12. The van der Waals surface area contributed by atoms with Gasteiger partial charge >= 0.3 is 5.97 Å². The van der Waals surface area contributed by atoms with Crippen molar-refractivity contribution in [1.82, 2.24) is 5.16 Å². The van der Waals surface area contributed by atoms with E-state index in [0.717, 1.165) is 6.07 Å². The summed E-state index contributed by atoms with van der Waals surface area (Å²) < 4.78 is 23.4. The molecule has 1 atom stereocenters. The summed E-state index contributed by atoms with van der Waals surface area (Å²) in [5.74, 6) is -1.22. The molecule has 0 radical (unpaired) electrons. The van der Waals surface area contributed by atoms with Crippen molar-refractivity contribution >= 4 is 33.6 Å². The Morgan fingerprint density at radius 2 is 2.14 bits per heavy atom. The van der Waals surface area contributed by atoms with Gasteiger partial charge in [-0.3, -0.25) is 4.79 Å². The van der Waals surface area contributed by atoms with Gasteiger partial charge in [-0.25, -0.2) is 9.18 Å². The minimum absolute atomic E-state index is 0.00284. The number of hydrogen-bond acceptors (Lipinski definition) is 5. The molecule has 8 heteroatoms. The number of hydrogen-bond donors (Lipinski definition) is 1. The SMILES string of the molecule is Cc1cc(NC(=O)[C@@H](C)OC(=O)c2cc(F)ccc2Br)no1. The van der Waals surface area contributed by atoms with Crippen molar-refractivity contribution in [3.8, 4) is 0 Å². The lowest BCUT2D eigenvalue weighted by Gasteiger charge is -2.13. The lowest BCUT2D eigenvalue weighted by molar-refractivity contribution is -0.123. The molecule has 0 unspecified atom stereocenters. The van der Waals surface area contributed by atoms with Crippen molar-refractivity contribution in [1.29, 1.82) is 0 Å². The van der Waals surface area contributed by atoms with Crippen LogP contribution in [0.1, 0.15) is 23.0 Å². The third-order valence-electron chi connectivity index (χ3n) is 2.68. The Labute approximate surface area is 133 Å². The molecule has 1 N–H and O–H groups in total. The molecule has 0 aliphatic heterocycles. The lowest BCUT2D eigenvalue weighted by atomic mass is 10.2. The third-order valence-corrected chi connectivity index (χ3v) is 3.37. The van der Waals surface area contributed by atoms with E-state index in [1.807, 2.05) is 0 Å². The molecule has 1 aromatic heterocycles. The maximum atomic E-state index is 13.2. The van der Waals surface area contributed by atoms with Crippen LogP contribution in [0.4, 0.5) is 10.2 Å². The molecule has 6 nitrogen and oxygen atoms in total. The predicted molar refractivity (Wildman–Crippen MR) is 78.8 cm³/mol. The van der Waals surface area contributed by atoms with Crippen LogP contribution in [-0.4, -0.2) is 23.1 Å². The highest BCUT2D eigenvalue weighted by molar-refractivity contribution is 9.10. The Hall–Kier alpha value is -2.22. The number of nitrogens with zero attached hydrogens (tertiary/aromatic N) is 1. The third kappa shape index (κ3) is 3.91. The van der Waals surface area contributed by atoms with Crippen LogP contribution in [0, 0.1) is 12.7 Å². The number of ether oxygens (including phenoxy) is 1. The Morgan fingerprint density at radius 1 is 1.41 bits per heavy atom. The number of halogens is 2. The maximum Gasteiger partial charge on any atom is 0.340 e. The maximum absolute atomic E-state index is 13.2. The second-order valence-corrected chi connectivity index (χ2v) is 5.34. The molecule has 1 aromatic carbocycles. The monoisotopic (exact) mass is 370 g/mol. The molecular formula is C14H12BrFN2O4. The summed E-state index contributed by atoms with van der Waals surface area (Å²) in [6.45, 7) is 3.07. The topological polar surface area (TPSA) is 81.4 Å². The first kappa shape index (κ1) is 16.2. The van der Waals surface area contributed by atoms with Crippen LogP contribution in [0.25, 0.3) is 0 Å². The zero-order chi connectivity index (χ0) is 16.3. The van der Waals surface area contributed by atoms with E-state index in [4.69, 9.17) is 9.26 Å². The van der Waals surface area contributed by atoms with Crippen LogP contribution in [0.5, 0.6) is 0 Å². The highest BCUT2D eigenvalue weighted by Gasteiger charge is 2.21. The van der Waals surface area contributed by atoms with E-state index in [2.05, 4.69) is 26.4 Å². The molecule has 0 aliphatic rings. The molecule has 1 amide bonds. The number of aryl methyl sites for hydroxylation is 1. The van der Waals surface area contributed by atoms with Crippen LogP contribution in [0.3, 0.4) is 0 Å². The lowest BCUT2D eigenvalue weighted by Crippen LogP contribution is -2.30. The fraction of sp³-hybridized carbons (Fsp3) is 0.214. The Bertz CT molecular complexity index is 717. The van der Waals surface area contributed by atoms with E-state index < -0.39 is 23.8 Å². The highest BCUT2D eigenvalue weighted by atomic mass is 79.9. The van der Waals surface area contributed by atoms with Gasteiger partial charge in [-0.15, -0.1) is 0 Å². The summed E-state index contributed by atoms with van der Waals surface area (Å²) in [6.07, 6.45) is -1.08. The number of rotatable bonds is 4. The molecule has 22 heavy (non-hydrogen) atoms. The first-order valence-electron chi connectivity index (χ1n) is 6.27. The zero-order valence-corrected chi connectivity index (χ0v) is 13.3. The van der Waals surface area contributed by atoms with Crippen molar-refractivity contribution in [2.24, 2.45) is 0 Å². The Balaban J connectivity index is 2.01. The minimum Gasteiger partial charge on any atom is -0.449 e. The van der Waals surface area contributed by atoms with E-state index in [1.54, 1.807) is 6.92 Å². The molecule has 0 bridgehead atoms. The molecule has 0 spiro atoms.